The summed E-state index contributed by atoms with van der Waals surface area (Å²) in [5.74, 6) is 1.73. The largest absolute Gasteiger partial charge is 0.494 e. The number of aryl methyl sites for hydroxylation is 2. The second-order valence-corrected chi connectivity index (χ2v) is 5.73. The summed E-state index contributed by atoms with van der Waals surface area (Å²) in [6.45, 7) is 5.56. The maximum absolute atomic E-state index is 11.8. The molecule has 0 fully saturated rings. The quantitative estimate of drug-likeness (QED) is 0.715. The zero-order chi connectivity index (χ0) is 17.2. The van der Waals surface area contributed by atoms with Crippen LogP contribution in [0.2, 0.25) is 0 Å². The van der Waals surface area contributed by atoms with E-state index in [9.17, 15) is 4.79 Å². The lowest BCUT2D eigenvalue weighted by molar-refractivity contribution is -0.121. The zero-order valence-corrected chi connectivity index (χ0v) is 14.4. The highest BCUT2D eigenvalue weighted by Crippen LogP contribution is 2.18. The molecule has 0 saturated carbocycles. The highest BCUT2D eigenvalue weighted by Gasteiger charge is 2.03. The lowest BCUT2D eigenvalue weighted by Crippen LogP contribution is -2.28. The van der Waals surface area contributed by atoms with Crippen molar-refractivity contribution in [1.82, 2.24) is 5.32 Å². The van der Waals surface area contributed by atoms with Gasteiger partial charge in [0.1, 0.15) is 18.1 Å². The Morgan fingerprint density at radius 3 is 2.58 bits per heavy atom. The molecule has 1 N–H and O–H groups in total. The van der Waals surface area contributed by atoms with Gasteiger partial charge in [-0.3, -0.25) is 4.79 Å². The molecule has 0 aliphatic rings. The van der Waals surface area contributed by atoms with Crippen LogP contribution in [0.1, 0.15) is 24.0 Å². The summed E-state index contributed by atoms with van der Waals surface area (Å²) in [4.78, 5) is 11.8. The van der Waals surface area contributed by atoms with Crippen molar-refractivity contribution in [1.29, 1.82) is 0 Å². The normalized spacial score (nSPS) is 10.2. The molecule has 0 radical (unpaired) electrons. The maximum atomic E-state index is 11.8. The lowest BCUT2D eigenvalue weighted by atomic mass is 10.1. The molecule has 0 aromatic heterocycles. The third kappa shape index (κ3) is 6.32. The van der Waals surface area contributed by atoms with Crippen molar-refractivity contribution in [3.63, 3.8) is 0 Å². The van der Waals surface area contributed by atoms with E-state index in [4.69, 9.17) is 9.47 Å². The van der Waals surface area contributed by atoms with Crippen LogP contribution in [0.3, 0.4) is 0 Å². The van der Waals surface area contributed by atoms with E-state index in [2.05, 4.69) is 11.4 Å². The van der Waals surface area contributed by atoms with Crippen molar-refractivity contribution in [3.05, 3.63) is 59.7 Å². The van der Waals surface area contributed by atoms with Crippen LogP contribution in [0, 0.1) is 13.8 Å². The number of carbonyl (C=O) groups excluding carboxylic acids is 1. The molecule has 24 heavy (non-hydrogen) atoms. The molecule has 0 bridgehead atoms. The van der Waals surface area contributed by atoms with Crippen molar-refractivity contribution in [3.8, 4) is 11.5 Å². The first-order valence-electron chi connectivity index (χ1n) is 8.30. The van der Waals surface area contributed by atoms with Crippen LogP contribution in [0.25, 0.3) is 0 Å². The van der Waals surface area contributed by atoms with Crippen LogP contribution >= 0.6 is 0 Å². The third-order valence-corrected chi connectivity index (χ3v) is 3.59. The predicted octanol–water partition coefficient (Wildman–Crippen LogP) is 3.66. The zero-order valence-electron chi connectivity index (χ0n) is 14.4. The van der Waals surface area contributed by atoms with E-state index in [0.29, 0.717) is 32.6 Å². The van der Waals surface area contributed by atoms with Crippen LogP contribution in [0.15, 0.2) is 48.5 Å². The summed E-state index contributed by atoms with van der Waals surface area (Å²) in [6, 6.07) is 15.7. The van der Waals surface area contributed by atoms with Gasteiger partial charge in [-0.15, -0.1) is 0 Å². The maximum Gasteiger partial charge on any atom is 0.220 e. The lowest BCUT2D eigenvalue weighted by Gasteiger charge is -2.11. The minimum atomic E-state index is 0.0243. The molecule has 0 aliphatic heterocycles. The van der Waals surface area contributed by atoms with Gasteiger partial charge >= 0.3 is 0 Å². The third-order valence-electron chi connectivity index (χ3n) is 3.59. The first kappa shape index (κ1) is 17.9. The SMILES string of the molecule is Cc1ccc(C)c(OCCNC(=O)CCCOc2ccccc2)c1. The van der Waals surface area contributed by atoms with Crippen LogP contribution in [0.5, 0.6) is 11.5 Å². The molecular weight excluding hydrogens is 302 g/mol. The number of amides is 1. The molecule has 128 valence electrons. The van der Waals surface area contributed by atoms with Crippen LogP contribution in [-0.2, 0) is 4.79 Å². The number of carbonyl (C=O) groups is 1. The molecule has 0 unspecified atom stereocenters. The predicted molar refractivity (Wildman–Crippen MR) is 95.6 cm³/mol. The number of para-hydroxylation sites is 1. The molecule has 2 rings (SSSR count). The van der Waals surface area contributed by atoms with E-state index in [0.717, 1.165) is 22.6 Å². The molecule has 1 amide bonds. The summed E-state index contributed by atoms with van der Waals surface area (Å²) in [5.41, 5.74) is 2.27. The molecule has 0 aliphatic carbocycles. The van der Waals surface area contributed by atoms with E-state index in [1.54, 1.807) is 0 Å². The topological polar surface area (TPSA) is 47.6 Å². The minimum absolute atomic E-state index is 0.0243. The average Bonchev–Trinajstić information content (AvgIpc) is 2.59. The Labute approximate surface area is 143 Å². The van der Waals surface area contributed by atoms with E-state index in [-0.39, 0.29) is 5.91 Å². The summed E-state index contributed by atoms with van der Waals surface area (Å²) in [5, 5.41) is 2.87. The standard InChI is InChI=1S/C20H25NO3/c1-16-10-11-17(2)19(15-16)24-14-12-21-20(22)9-6-13-23-18-7-4-3-5-8-18/h3-5,7-8,10-11,15H,6,9,12-14H2,1-2H3,(H,21,22). The molecule has 2 aromatic rings. The fourth-order valence-corrected chi connectivity index (χ4v) is 2.24. The van der Waals surface area contributed by atoms with Gasteiger partial charge in [-0.25, -0.2) is 0 Å². The fourth-order valence-electron chi connectivity index (χ4n) is 2.24. The molecule has 0 spiro atoms. The van der Waals surface area contributed by atoms with E-state index < -0.39 is 0 Å². The molecule has 0 saturated heterocycles. The number of nitrogens with one attached hydrogen (secondary N) is 1. The molecular formula is C20H25NO3. The highest BCUT2D eigenvalue weighted by atomic mass is 16.5. The fraction of sp³-hybridized carbons (Fsp3) is 0.350. The molecule has 4 heteroatoms. The first-order valence-corrected chi connectivity index (χ1v) is 8.30. The molecule has 4 nitrogen and oxygen atoms in total. The van der Waals surface area contributed by atoms with Crippen molar-refractivity contribution in [2.45, 2.75) is 26.7 Å². The summed E-state index contributed by atoms with van der Waals surface area (Å²) >= 11 is 0. The average molecular weight is 327 g/mol. The van der Waals surface area contributed by atoms with Crippen LogP contribution in [-0.4, -0.2) is 25.7 Å². The van der Waals surface area contributed by atoms with Gasteiger partial charge in [0.25, 0.3) is 0 Å². The van der Waals surface area contributed by atoms with Gasteiger partial charge in [0.05, 0.1) is 13.2 Å². The molecule has 2 aromatic carbocycles. The van der Waals surface area contributed by atoms with Gasteiger partial charge in [-0.2, -0.15) is 0 Å². The summed E-state index contributed by atoms with van der Waals surface area (Å²) in [7, 11) is 0. The second-order valence-electron chi connectivity index (χ2n) is 5.73. The Kier molecular flexibility index (Phi) is 7.15. The Balaban J connectivity index is 1.56. The number of hydrogen-bond acceptors (Lipinski definition) is 3. The van der Waals surface area contributed by atoms with E-state index in [1.807, 2.05) is 56.3 Å². The van der Waals surface area contributed by atoms with E-state index in [1.165, 1.54) is 0 Å². The van der Waals surface area contributed by atoms with Crippen LogP contribution in [0.4, 0.5) is 0 Å². The monoisotopic (exact) mass is 327 g/mol. The van der Waals surface area contributed by atoms with Gasteiger partial charge in [0.2, 0.25) is 5.91 Å². The van der Waals surface area contributed by atoms with Gasteiger partial charge in [0, 0.05) is 6.42 Å². The van der Waals surface area contributed by atoms with Crippen molar-refractivity contribution in [2.75, 3.05) is 19.8 Å². The van der Waals surface area contributed by atoms with Gasteiger partial charge < -0.3 is 14.8 Å². The summed E-state index contributed by atoms with van der Waals surface area (Å²) in [6.07, 6.45) is 1.15. The second kappa shape index (κ2) is 9.60. The Morgan fingerprint density at radius 1 is 1.00 bits per heavy atom. The Morgan fingerprint density at radius 2 is 1.79 bits per heavy atom. The smallest absolute Gasteiger partial charge is 0.220 e. The summed E-state index contributed by atoms with van der Waals surface area (Å²) < 4.78 is 11.3. The number of ether oxygens (including phenoxy) is 2. The minimum Gasteiger partial charge on any atom is -0.494 e. The molecule has 0 atom stereocenters. The number of hydrogen-bond donors (Lipinski definition) is 1. The van der Waals surface area contributed by atoms with Crippen molar-refractivity contribution in [2.24, 2.45) is 0 Å². The number of benzene rings is 2. The van der Waals surface area contributed by atoms with Gasteiger partial charge in [-0.05, 0) is 49.6 Å². The van der Waals surface area contributed by atoms with Gasteiger partial charge in [-0.1, -0.05) is 30.3 Å². The van der Waals surface area contributed by atoms with Crippen molar-refractivity contribution < 1.29 is 14.3 Å². The van der Waals surface area contributed by atoms with E-state index >= 15 is 0 Å². The van der Waals surface area contributed by atoms with Gasteiger partial charge in [0.15, 0.2) is 0 Å². The van der Waals surface area contributed by atoms with Crippen LogP contribution < -0.4 is 14.8 Å². The molecule has 0 heterocycles. The Hall–Kier alpha value is -2.49. The Bertz CT molecular complexity index is 641. The number of rotatable bonds is 9. The van der Waals surface area contributed by atoms with Crippen molar-refractivity contribution >= 4 is 5.91 Å². The highest BCUT2D eigenvalue weighted by molar-refractivity contribution is 5.75. The first-order chi connectivity index (χ1) is 11.6.